The minimum absolute atomic E-state index is 0. The van der Waals surface area contributed by atoms with E-state index < -0.39 is 5.97 Å². The molecule has 0 spiro atoms. The first-order chi connectivity index (χ1) is 12.1. The van der Waals surface area contributed by atoms with Gasteiger partial charge in [-0.25, -0.2) is 4.79 Å². The molecule has 0 amide bonds. The van der Waals surface area contributed by atoms with Crippen molar-refractivity contribution in [3.8, 4) is 0 Å². The maximum absolute atomic E-state index is 11.6. The summed E-state index contributed by atoms with van der Waals surface area (Å²) in [7, 11) is 3.08. The van der Waals surface area contributed by atoms with E-state index in [1.54, 1.807) is 20.0 Å². The summed E-state index contributed by atoms with van der Waals surface area (Å²) >= 11 is 0. The molecule has 1 heterocycles. The number of benzene rings is 1. The number of ether oxygens (including phenoxy) is 1. The Kier molecular flexibility index (Phi) is 9.79. The molecule has 1 aromatic carbocycles. The predicted molar refractivity (Wildman–Crippen MR) is 113 cm³/mol. The second-order valence-corrected chi connectivity index (χ2v) is 5.62. The van der Waals surface area contributed by atoms with Gasteiger partial charge in [0.1, 0.15) is 17.1 Å². The van der Waals surface area contributed by atoms with Crippen LogP contribution in [0.5, 0.6) is 0 Å². The van der Waals surface area contributed by atoms with E-state index in [1.807, 2.05) is 6.07 Å². The quantitative estimate of drug-likeness (QED) is 0.213. The molecule has 2 rings (SSSR count). The van der Waals surface area contributed by atoms with Crippen LogP contribution in [-0.4, -0.2) is 32.6 Å². The number of nitrogens with one attached hydrogen (secondary N) is 2. The first-order valence-electron chi connectivity index (χ1n) is 8.30. The molecule has 0 aliphatic rings. The number of halogens is 1. The van der Waals surface area contributed by atoms with Gasteiger partial charge in [0.15, 0.2) is 5.96 Å². The number of hydrogen-bond donors (Lipinski definition) is 2. The topological polar surface area (TPSA) is 75.9 Å². The highest BCUT2D eigenvalue weighted by Crippen LogP contribution is 2.15. The third kappa shape index (κ3) is 6.70. The Balaban J connectivity index is 0.00000338. The molecule has 7 heteroatoms. The normalized spacial score (nSPS) is 10.8. The van der Waals surface area contributed by atoms with Crippen molar-refractivity contribution >= 4 is 35.9 Å². The Morgan fingerprint density at radius 2 is 1.96 bits per heavy atom. The molecule has 0 fully saturated rings. The predicted octanol–water partition coefficient (Wildman–Crippen LogP) is 3.29. The molecule has 0 atom stereocenters. The third-order valence-electron chi connectivity index (χ3n) is 3.81. The second kappa shape index (κ2) is 11.6. The number of furan rings is 1. The average Bonchev–Trinajstić information content (AvgIpc) is 3.02. The van der Waals surface area contributed by atoms with E-state index in [-0.39, 0.29) is 24.0 Å². The minimum atomic E-state index is -0.393. The highest BCUT2D eigenvalue weighted by Gasteiger charge is 2.15. The number of methoxy groups -OCH3 is 1. The molecular formula is C19H26IN3O3. The van der Waals surface area contributed by atoms with Gasteiger partial charge in [-0.05, 0) is 31.4 Å². The molecule has 0 aliphatic heterocycles. The summed E-state index contributed by atoms with van der Waals surface area (Å²) in [6.45, 7) is 3.00. The molecule has 6 nitrogen and oxygen atoms in total. The summed E-state index contributed by atoms with van der Waals surface area (Å²) in [4.78, 5) is 15.8. The minimum Gasteiger partial charge on any atom is -0.465 e. The van der Waals surface area contributed by atoms with Crippen LogP contribution in [0.15, 0.2) is 45.8 Å². The number of esters is 1. The maximum Gasteiger partial charge on any atom is 0.341 e. The molecule has 0 unspecified atom stereocenters. The van der Waals surface area contributed by atoms with Crippen molar-refractivity contribution in [2.75, 3.05) is 20.7 Å². The van der Waals surface area contributed by atoms with Crippen LogP contribution in [-0.2, 0) is 17.7 Å². The second-order valence-electron chi connectivity index (χ2n) is 5.62. The number of hydrogen-bond acceptors (Lipinski definition) is 4. The number of rotatable bonds is 7. The van der Waals surface area contributed by atoms with Gasteiger partial charge in [-0.15, -0.1) is 24.0 Å². The van der Waals surface area contributed by atoms with Crippen molar-refractivity contribution in [3.63, 3.8) is 0 Å². The van der Waals surface area contributed by atoms with Crippen LogP contribution in [0.25, 0.3) is 0 Å². The highest BCUT2D eigenvalue weighted by molar-refractivity contribution is 14.0. The lowest BCUT2D eigenvalue weighted by Gasteiger charge is -2.10. The van der Waals surface area contributed by atoms with E-state index in [9.17, 15) is 4.79 Å². The van der Waals surface area contributed by atoms with Crippen molar-refractivity contribution in [1.29, 1.82) is 0 Å². The standard InChI is InChI=1S/C19H25N3O3.HI/c1-14-17(18(23)24-3)12-16(25-14)13-22-19(20-2)21-11-7-10-15-8-5-4-6-9-15;/h4-6,8-9,12H,7,10-11,13H2,1-3H3,(H2,20,21,22);1H. The van der Waals surface area contributed by atoms with Gasteiger partial charge in [-0.3, -0.25) is 4.99 Å². The molecule has 2 N–H and O–H groups in total. The van der Waals surface area contributed by atoms with Gasteiger partial charge in [0.05, 0.1) is 13.7 Å². The van der Waals surface area contributed by atoms with Gasteiger partial charge < -0.3 is 19.8 Å². The summed E-state index contributed by atoms with van der Waals surface area (Å²) in [5.41, 5.74) is 1.78. The van der Waals surface area contributed by atoms with Gasteiger partial charge >= 0.3 is 5.97 Å². The zero-order chi connectivity index (χ0) is 18.1. The molecule has 0 saturated heterocycles. The van der Waals surface area contributed by atoms with Gasteiger partial charge in [-0.1, -0.05) is 30.3 Å². The Hall–Kier alpha value is -2.03. The van der Waals surface area contributed by atoms with Gasteiger partial charge in [0, 0.05) is 13.6 Å². The van der Waals surface area contributed by atoms with Gasteiger partial charge in [0.25, 0.3) is 0 Å². The van der Waals surface area contributed by atoms with Gasteiger partial charge in [-0.2, -0.15) is 0 Å². The first-order valence-corrected chi connectivity index (χ1v) is 8.30. The molecule has 0 saturated carbocycles. The summed E-state index contributed by atoms with van der Waals surface area (Å²) in [6, 6.07) is 12.1. The van der Waals surface area contributed by atoms with Crippen LogP contribution in [0.1, 0.15) is 33.9 Å². The maximum atomic E-state index is 11.6. The van der Waals surface area contributed by atoms with Crippen LogP contribution in [0.2, 0.25) is 0 Å². The molecule has 142 valence electrons. The summed E-state index contributed by atoms with van der Waals surface area (Å²) < 4.78 is 10.3. The van der Waals surface area contributed by atoms with Crippen molar-refractivity contribution < 1.29 is 13.9 Å². The number of carbonyl (C=O) groups excluding carboxylic acids is 1. The lowest BCUT2D eigenvalue weighted by atomic mass is 10.1. The molecule has 0 aliphatic carbocycles. The molecule has 2 aromatic rings. The monoisotopic (exact) mass is 471 g/mol. The zero-order valence-electron chi connectivity index (χ0n) is 15.4. The Bertz CT molecular complexity index is 714. The molecule has 26 heavy (non-hydrogen) atoms. The van der Waals surface area contributed by atoms with E-state index in [0.29, 0.717) is 29.6 Å². The fourth-order valence-electron chi connectivity index (χ4n) is 2.48. The first kappa shape index (κ1) is 22.0. The van der Waals surface area contributed by atoms with E-state index >= 15 is 0 Å². The number of aryl methyl sites for hydroxylation is 2. The van der Waals surface area contributed by atoms with E-state index in [2.05, 4.69) is 39.9 Å². The van der Waals surface area contributed by atoms with Crippen LogP contribution in [0.4, 0.5) is 0 Å². The van der Waals surface area contributed by atoms with Gasteiger partial charge in [0.2, 0.25) is 0 Å². The zero-order valence-corrected chi connectivity index (χ0v) is 17.7. The lowest BCUT2D eigenvalue weighted by molar-refractivity contribution is 0.0599. The average molecular weight is 471 g/mol. The van der Waals surface area contributed by atoms with E-state index in [1.165, 1.54) is 12.7 Å². The van der Waals surface area contributed by atoms with Crippen LogP contribution < -0.4 is 10.6 Å². The smallest absolute Gasteiger partial charge is 0.341 e. The number of aliphatic imine (C=N–C) groups is 1. The van der Waals surface area contributed by atoms with Crippen molar-refractivity contribution in [1.82, 2.24) is 10.6 Å². The lowest BCUT2D eigenvalue weighted by Crippen LogP contribution is -2.37. The number of guanidine groups is 1. The molecule has 0 bridgehead atoms. The van der Waals surface area contributed by atoms with Crippen molar-refractivity contribution in [2.45, 2.75) is 26.3 Å². The van der Waals surface area contributed by atoms with Crippen LogP contribution in [0.3, 0.4) is 0 Å². The van der Waals surface area contributed by atoms with E-state index in [0.717, 1.165) is 19.4 Å². The number of nitrogens with zero attached hydrogens (tertiary/aromatic N) is 1. The van der Waals surface area contributed by atoms with Crippen molar-refractivity contribution in [2.24, 2.45) is 4.99 Å². The molecular weight excluding hydrogens is 445 g/mol. The third-order valence-corrected chi connectivity index (χ3v) is 3.81. The Morgan fingerprint density at radius 3 is 2.62 bits per heavy atom. The largest absolute Gasteiger partial charge is 0.465 e. The fraction of sp³-hybridized carbons (Fsp3) is 0.368. The van der Waals surface area contributed by atoms with E-state index in [4.69, 9.17) is 9.15 Å². The fourth-order valence-corrected chi connectivity index (χ4v) is 2.48. The molecule has 0 radical (unpaired) electrons. The summed E-state index contributed by atoms with van der Waals surface area (Å²) in [6.07, 6.45) is 2.03. The number of carbonyl (C=O) groups is 1. The Morgan fingerprint density at radius 1 is 1.23 bits per heavy atom. The summed E-state index contributed by atoms with van der Waals surface area (Å²) in [5, 5.41) is 6.45. The van der Waals surface area contributed by atoms with Crippen LogP contribution >= 0.6 is 24.0 Å². The molecule has 1 aromatic heterocycles. The SMILES string of the molecule is CN=C(NCCCc1ccccc1)NCc1cc(C(=O)OC)c(C)o1.I. The summed E-state index contributed by atoms with van der Waals surface area (Å²) in [5.74, 6) is 1.51. The van der Waals surface area contributed by atoms with Crippen molar-refractivity contribution in [3.05, 3.63) is 59.0 Å². The highest BCUT2D eigenvalue weighted by atomic mass is 127. The van der Waals surface area contributed by atoms with Crippen LogP contribution in [0, 0.1) is 6.92 Å². The Labute approximate surface area is 171 Å².